The standard InChI is InChI=1S/C28H36N2O4/c1-5-8-12-31-24-18-25(32-13-9-6-2)22(16-20(24)7-3)28-27(19(4)29-30-28)21-10-11-23-26(17-21)34-15-14-33-23/h10-11,16-18H,5-9,12-15H2,1-4H3,(H,29,30). The molecular weight excluding hydrogens is 428 g/mol. The lowest BCUT2D eigenvalue weighted by Crippen LogP contribution is -2.15. The number of aryl methyl sites for hydroxylation is 2. The molecule has 6 nitrogen and oxygen atoms in total. The third kappa shape index (κ3) is 5.16. The number of benzene rings is 2. The predicted octanol–water partition coefficient (Wildman–Crippen LogP) is 6.74. The topological polar surface area (TPSA) is 65.6 Å². The fourth-order valence-electron chi connectivity index (χ4n) is 4.15. The lowest BCUT2D eigenvalue weighted by Gasteiger charge is -2.19. The van der Waals surface area contributed by atoms with Crippen LogP contribution in [0.4, 0.5) is 0 Å². The summed E-state index contributed by atoms with van der Waals surface area (Å²) in [6.45, 7) is 11.0. The Labute approximate surface area is 202 Å². The van der Waals surface area contributed by atoms with Gasteiger partial charge in [0.1, 0.15) is 30.4 Å². The number of fused-ring (bicyclic) bond motifs is 1. The van der Waals surface area contributed by atoms with Crippen molar-refractivity contribution in [3.05, 3.63) is 41.6 Å². The molecule has 6 heteroatoms. The Balaban J connectivity index is 1.79. The van der Waals surface area contributed by atoms with Crippen LogP contribution in [-0.4, -0.2) is 36.6 Å². The molecule has 0 saturated carbocycles. The molecule has 1 aromatic heterocycles. The van der Waals surface area contributed by atoms with Crippen LogP contribution in [0.3, 0.4) is 0 Å². The zero-order valence-corrected chi connectivity index (χ0v) is 20.8. The number of hydrogen-bond acceptors (Lipinski definition) is 5. The fraction of sp³-hybridized carbons (Fsp3) is 0.464. The molecule has 0 radical (unpaired) electrons. The second-order valence-electron chi connectivity index (χ2n) is 8.64. The number of hydrogen-bond donors (Lipinski definition) is 1. The van der Waals surface area contributed by atoms with E-state index in [1.165, 1.54) is 0 Å². The highest BCUT2D eigenvalue weighted by molar-refractivity contribution is 5.86. The molecule has 2 aromatic carbocycles. The lowest BCUT2D eigenvalue weighted by atomic mass is 9.96. The number of nitrogens with zero attached hydrogens (tertiary/aromatic N) is 1. The van der Waals surface area contributed by atoms with Gasteiger partial charge in [0.15, 0.2) is 11.5 Å². The first kappa shape index (κ1) is 24.0. The first-order valence-electron chi connectivity index (χ1n) is 12.5. The molecule has 4 rings (SSSR count). The van der Waals surface area contributed by atoms with Gasteiger partial charge in [-0.25, -0.2) is 0 Å². The van der Waals surface area contributed by atoms with Gasteiger partial charge >= 0.3 is 0 Å². The molecule has 2 heterocycles. The largest absolute Gasteiger partial charge is 0.493 e. The summed E-state index contributed by atoms with van der Waals surface area (Å²) in [6.07, 6.45) is 5.07. The summed E-state index contributed by atoms with van der Waals surface area (Å²) in [5.74, 6) is 3.26. The summed E-state index contributed by atoms with van der Waals surface area (Å²) in [5, 5.41) is 7.92. The minimum atomic E-state index is 0.558. The summed E-state index contributed by atoms with van der Waals surface area (Å²) in [5.41, 5.74) is 6.07. The van der Waals surface area contributed by atoms with Crippen molar-refractivity contribution in [3.8, 4) is 45.4 Å². The minimum Gasteiger partial charge on any atom is -0.493 e. The molecule has 0 bridgehead atoms. The van der Waals surface area contributed by atoms with Crippen LogP contribution in [0.15, 0.2) is 30.3 Å². The Morgan fingerprint density at radius 3 is 2.29 bits per heavy atom. The van der Waals surface area contributed by atoms with Gasteiger partial charge in [0.25, 0.3) is 0 Å². The summed E-state index contributed by atoms with van der Waals surface area (Å²) >= 11 is 0. The van der Waals surface area contributed by atoms with Crippen LogP contribution in [0.5, 0.6) is 23.0 Å². The smallest absolute Gasteiger partial charge is 0.161 e. The normalized spacial score (nSPS) is 12.6. The highest BCUT2D eigenvalue weighted by atomic mass is 16.6. The number of aromatic nitrogens is 2. The minimum absolute atomic E-state index is 0.558. The average Bonchev–Trinajstić information content (AvgIpc) is 3.25. The third-order valence-electron chi connectivity index (χ3n) is 6.09. The van der Waals surface area contributed by atoms with Crippen LogP contribution in [0.2, 0.25) is 0 Å². The van der Waals surface area contributed by atoms with E-state index >= 15 is 0 Å². The van der Waals surface area contributed by atoms with Crippen molar-refractivity contribution in [1.82, 2.24) is 10.2 Å². The highest BCUT2D eigenvalue weighted by Gasteiger charge is 2.22. The summed E-state index contributed by atoms with van der Waals surface area (Å²) in [4.78, 5) is 0. The van der Waals surface area contributed by atoms with Gasteiger partial charge in [-0.2, -0.15) is 5.10 Å². The van der Waals surface area contributed by atoms with E-state index in [2.05, 4.69) is 44.1 Å². The van der Waals surface area contributed by atoms with Crippen molar-refractivity contribution in [2.75, 3.05) is 26.4 Å². The zero-order valence-electron chi connectivity index (χ0n) is 20.8. The maximum atomic E-state index is 6.29. The van der Waals surface area contributed by atoms with E-state index in [9.17, 15) is 0 Å². The van der Waals surface area contributed by atoms with Crippen molar-refractivity contribution < 1.29 is 18.9 Å². The molecule has 0 atom stereocenters. The van der Waals surface area contributed by atoms with E-state index in [1.807, 2.05) is 19.1 Å². The van der Waals surface area contributed by atoms with Crippen LogP contribution < -0.4 is 18.9 Å². The van der Waals surface area contributed by atoms with Crippen molar-refractivity contribution in [1.29, 1.82) is 0 Å². The van der Waals surface area contributed by atoms with Gasteiger partial charge in [-0.1, -0.05) is 39.7 Å². The van der Waals surface area contributed by atoms with E-state index < -0.39 is 0 Å². The van der Waals surface area contributed by atoms with Crippen LogP contribution in [0.1, 0.15) is 57.7 Å². The molecule has 0 spiro atoms. The molecule has 0 saturated heterocycles. The number of unbranched alkanes of at least 4 members (excludes halogenated alkanes) is 2. The molecular formula is C28H36N2O4. The van der Waals surface area contributed by atoms with Gasteiger partial charge in [0.05, 0.1) is 13.2 Å². The second-order valence-corrected chi connectivity index (χ2v) is 8.64. The quantitative estimate of drug-likeness (QED) is 0.318. The number of H-pyrrole nitrogens is 1. The Hall–Kier alpha value is -3.15. The number of ether oxygens (including phenoxy) is 4. The zero-order chi connectivity index (χ0) is 23.9. The van der Waals surface area contributed by atoms with Crippen LogP contribution in [0, 0.1) is 6.92 Å². The molecule has 0 unspecified atom stereocenters. The lowest BCUT2D eigenvalue weighted by molar-refractivity contribution is 0.171. The average molecular weight is 465 g/mol. The van der Waals surface area contributed by atoms with Crippen molar-refractivity contribution in [3.63, 3.8) is 0 Å². The fourth-order valence-corrected chi connectivity index (χ4v) is 4.15. The number of nitrogens with one attached hydrogen (secondary N) is 1. The maximum Gasteiger partial charge on any atom is 0.161 e. The van der Waals surface area contributed by atoms with Gasteiger partial charge in [0, 0.05) is 22.9 Å². The van der Waals surface area contributed by atoms with E-state index in [-0.39, 0.29) is 0 Å². The van der Waals surface area contributed by atoms with Crippen molar-refractivity contribution >= 4 is 0 Å². The predicted molar refractivity (Wildman–Crippen MR) is 135 cm³/mol. The molecule has 1 aliphatic rings. The maximum absolute atomic E-state index is 6.29. The molecule has 34 heavy (non-hydrogen) atoms. The summed E-state index contributed by atoms with van der Waals surface area (Å²) < 4.78 is 24.0. The van der Waals surface area contributed by atoms with E-state index in [0.29, 0.717) is 26.4 Å². The first-order valence-corrected chi connectivity index (χ1v) is 12.5. The molecule has 0 aliphatic carbocycles. The number of aromatic amines is 1. The Morgan fingerprint density at radius 2 is 1.59 bits per heavy atom. The third-order valence-corrected chi connectivity index (χ3v) is 6.09. The van der Waals surface area contributed by atoms with Crippen LogP contribution >= 0.6 is 0 Å². The van der Waals surface area contributed by atoms with Gasteiger partial charge in [-0.15, -0.1) is 0 Å². The summed E-state index contributed by atoms with van der Waals surface area (Å²) in [6, 6.07) is 10.3. The van der Waals surface area contributed by atoms with E-state index in [1.54, 1.807) is 0 Å². The van der Waals surface area contributed by atoms with Crippen molar-refractivity contribution in [2.45, 2.75) is 59.8 Å². The van der Waals surface area contributed by atoms with E-state index in [0.717, 1.165) is 88.7 Å². The monoisotopic (exact) mass is 464 g/mol. The molecule has 1 aliphatic heterocycles. The van der Waals surface area contributed by atoms with Gasteiger partial charge < -0.3 is 18.9 Å². The Kier molecular flexibility index (Phi) is 7.99. The van der Waals surface area contributed by atoms with Crippen LogP contribution in [-0.2, 0) is 6.42 Å². The molecule has 0 fully saturated rings. The first-order chi connectivity index (χ1) is 16.7. The van der Waals surface area contributed by atoms with Crippen molar-refractivity contribution in [2.24, 2.45) is 0 Å². The molecule has 0 amide bonds. The SMILES string of the molecule is CCCCOc1cc(OCCCC)c(-c2n[nH]c(C)c2-c2ccc3c(c2)OCCO3)cc1CC. The second kappa shape index (κ2) is 11.3. The summed E-state index contributed by atoms with van der Waals surface area (Å²) in [7, 11) is 0. The van der Waals surface area contributed by atoms with E-state index in [4.69, 9.17) is 24.0 Å². The van der Waals surface area contributed by atoms with Gasteiger partial charge in [-0.3, -0.25) is 5.10 Å². The molecule has 1 N–H and O–H groups in total. The Morgan fingerprint density at radius 1 is 0.882 bits per heavy atom. The highest BCUT2D eigenvalue weighted by Crippen LogP contribution is 2.43. The molecule has 3 aromatic rings. The number of rotatable bonds is 11. The van der Waals surface area contributed by atoms with Gasteiger partial charge in [0.2, 0.25) is 0 Å². The molecule has 182 valence electrons. The van der Waals surface area contributed by atoms with Gasteiger partial charge in [-0.05, 0) is 55.5 Å². The van der Waals surface area contributed by atoms with Crippen LogP contribution in [0.25, 0.3) is 22.4 Å². The Bertz CT molecular complexity index is 1110.